The summed E-state index contributed by atoms with van der Waals surface area (Å²) in [6.07, 6.45) is 0.186. The smallest absolute Gasteiger partial charge is 0.407 e. The third-order valence-electron chi connectivity index (χ3n) is 4.01. The van der Waals surface area contributed by atoms with Crippen molar-refractivity contribution in [2.75, 3.05) is 6.54 Å². The van der Waals surface area contributed by atoms with Crippen molar-refractivity contribution >= 4 is 12.5 Å². The highest BCUT2D eigenvalue weighted by Gasteiger charge is 2.36. The molecule has 2 aromatic carbocycles. The van der Waals surface area contributed by atoms with Crippen LogP contribution >= 0.6 is 0 Å². The van der Waals surface area contributed by atoms with Crippen LogP contribution in [0.2, 0.25) is 0 Å². The topological polar surface area (TPSA) is 93.9 Å². The van der Waals surface area contributed by atoms with E-state index < -0.39 is 17.4 Å². The van der Waals surface area contributed by atoms with E-state index in [4.69, 9.17) is 15.3 Å². The minimum absolute atomic E-state index is 0.0513. The van der Waals surface area contributed by atoms with Crippen molar-refractivity contribution < 1.29 is 19.2 Å². The van der Waals surface area contributed by atoms with Crippen LogP contribution in [0.25, 0.3) is 0 Å². The molecule has 29 heavy (non-hydrogen) atoms. The van der Waals surface area contributed by atoms with Crippen molar-refractivity contribution in [2.45, 2.75) is 45.1 Å². The average molecular weight is 399 g/mol. The number of carbonyl (C=O) groups is 2. The van der Waals surface area contributed by atoms with Gasteiger partial charge in [0.25, 0.3) is 0 Å². The van der Waals surface area contributed by atoms with Crippen molar-refractivity contribution in [2.24, 2.45) is 5.73 Å². The molecule has 0 bridgehead atoms. The van der Waals surface area contributed by atoms with Gasteiger partial charge in [-0.05, 0) is 31.9 Å². The van der Waals surface area contributed by atoms with Crippen LogP contribution in [0.5, 0.6) is 0 Å². The molecule has 7 heteroatoms. The Morgan fingerprint density at radius 3 is 2.10 bits per heavy atom. The molecule has 3 N–H and O–H groups in total. The molecule has 2 amide bonds. The molecule has 0 fully saturated rings. The number of amides is 2. The van der Waals surface area contributed by atoms with Crippen molar-refractivity contribution in [3.05, 3.63) is 71.8 Å². The second-order valence-corrected chi connectivity index (χ2v) is 7.82. The van der Waals surface area contributed by atoms with Crippen LogP contribution in [0.3, 0.4) is 0 Å². The van der Waals surface area contributed by atoms with E-state index in [2.05, 4.69) is 5.32 Å². The summed E-state index contributed by atoms with van der Waals surface area (Å²) in [7, 11) is 0. The zero-order valence-electron chi connectivity index (χ0n) is 17.1. The van der Waals surface area contributed by atoms with Gasteiger partial charge in [0.1, 0.15) is 12.3 Å². The monoisotopic (exact) mass is 399 g/mol. The number of nitrogens with one attached hydrogen (secondary N) is 1. The summed E-state index contributed by atoms with van der Waals surface area (Å²) in [5.74, 6) is 0. The van der Waals surface area contributed by atoms with Gasteiger partial charge in [0, 0.05) is 6.42 Å². The van der Waals surface area contributed by atoms with Gasteiger partial charge in [-0.3, -0.25) is 9.63 Å². The maximum atomic E-state index is 12.2. The molecule has 2 rings (SSSR count). The summed E-state index contributed by atoms with van der Waals surface area (Å²) < 4.78 is 5.23. The van der Waals surface area contributed by atoms with Gasteiger partial charge in [0.15, 0.2) is 0 Å². The highest BCUT2D eigenvalue weighted by Crippen LogP contribution is 2.20. The largest absolute Gasteiger partial charge is 0.445 e. The second-order valence-electron chi connectivity index (χ2n) is 7.82. The lowest BCUT2D eigenvalue weighted by atomic mass is 10.00. The van der Waals surface area contributed by atoms with E-state index in [1.54, 1.807) is 0 Å². The summed E-state index contributed by atoms with van der Waals surface area (Å²) in [6, 6.07) is 18.8. The Labute approximate surface area is 171 Å². The molecule has 0 unspecified atom stereocenters. The molecule has 1 atom stereocenters. The van der Waals surface area contributed by atoms with Gasteiger partial charge in [0.05, 0.1) is 12.1 Å². The molecular formula is C22H29N3O4. The standard InChI is InChI=1S/C22H29N3O4/c1-21(2,3)29-25(17-26)22(23,14-18-10-6-4-7-11-18)16-24-20(27)28-15-19-12-8-5-9-13-19/h4-13,17H,14-16,23H2,1-3H3,(H,24,27)/t22-/m1/s1. The van der Waals surface area contributed by atoms with Crippen molar-refractivity contribution in [1.82, 2.24) is 10.4 Å². The fraction of sp³-hybridized carbons (Fsp3) is 0.364. The molecule has 0 radical (unpaired) electrons. The lowest BCUT2D eigenvalue weighted by Gasteiger charge is -2.40. The maximum absolute atomic E-state index is 12.2. The number of carbonyl (C=O) groups excluding carboxylic acids is 2. The number of hydrogen-bond acceptors (Lipinski definition) is 5. The predicted molar refractivity (Wildman–Crippen MR) is 110 cm³/mol. The summed E-state index contributed by atoms with van der Waals surface area (Å²) >= 11 is 0. The third-order valence-corrected chi connectivity index (χ3v) is 4.01. The fourth-order valence-electron chi connectivity index (χ4n) is 2.68. The van der Waals surface area contributed by atoms with E-state index in [0.29, 0.717) is 6.41 Å². The number of hydrogen-bond donors (Lipinski definition) is 2. The number of rotatable bonds is 9. The van der Waals surface area contributed by atoms with Crippen LogP contribution in [0.15, 0.2) is 60.7 Å². The molecule has 0 aliphatic rings. The number of hydroxylamine groups is 2. The first-order chi connectivity index (χ1) is 13.7. The zero-order valence-corrected chi connectivity index (χ0v) is 17.1. The minimum atomic E-state index is -1.30. The Hall–Kier alpha value is -2.90. The lowest BCUT2D eigenvalue weighted by molar-refractivity contribution is -0.254. The highest BCUT2D eigenvalue weighted by atomic mass is 16.7. The Morgan fingerprint density at radius 1 is 1.03 bits per heavy atom. The van der Waals surface area contributed by atoms with E-state index >= 15 is 0 Å². The quantitative estimate of drug-likeness (QED) is 0.384. The predicted octanol–water partition coefficient (Wildman–Crippen LogP) is 3.00. The number of benzene rings is 2. The normalized spacial score (nSPS) is 13.2. The molecule has 0 aliphatic carbocycles. The first kappa shape index (κ1) is 22.4. The van der Waals surface area contributed by atoms with Crippen LogP contribution < -0.4 is 11.1 Å². The minimum Gasteiger partial charge on any atom is -0.445 e. The maximum Gasteiger partial charge on any atom is 0.407 e. The SMILES string of the molecule is CC(C)(C)ON(C=O)[C@@](N)(CNC(=O)OCc1ccccc1)Cc1ccccc1. The van der Waals surface area contributed by atoms with Crippen molar-refractivity contribution in [3.63, 3.8) is 0 Å². The van der Waals surface area contributed by atoms with Gasteiger partial charge in [-0.25, -0.2) is 9.86 Å². The molecule has 0 spiro atoms. The van der Waals surface area contributed by atoms with E-state index in [1.165, 1.54) is 0 Å². The second kappa shape index (κ2) is 10.0. The first-order valence-corrected chi connectivity index (χ1v) is 9.43. The Kier molecular flexibility index (Phi) is 7.75. The van der Waals surface area contributed by atoms with E-state index in [-0.39, 0.29) is 19.6 Å². The van der Waals surface area contributed by atoms with Gasteiger partial charge in [-0.2, -0.15) is 0 Å². The van der Waals surface area contributed by atoms with E-state index in [9.17, 15) is 9.59 Å². The van der Waals surface area contributed by atoms with Gasteiger partial charge in [0.2, 0.25) is 6.41 Å². The summed E-state index contributed by atoms with van der Waals surface area (Å²) in [6.45, 7) is 5.53. The Bertz CT molecular complexity index is 778. The highest BCUT2D eigenvalue weighted by molar-refractivity contribution is 5.67. The van der Waals surface area contributed by atoms with Crippen LogP contribution in [-0.2, 0) is 27.4 Å². The number of ether oxygens (including phenoxy) is 1. The average Bonchev–Trinajstić information content (AvgIpc) is 2.70. The van der Waals surface area contributed by atoms with Crippen LogP contribution in [0.4, 0.5) is 4.79 Å². The van der Waals surface area contributed by atoms with Crippen LogP contribution in [-0.4, -0.2) is 35.4 Å². The molecule has 2 aromatic rings. The molecule has 156 valence electrons. The van der Waals surface area contributed by atoms with Crippen LogP contribution in [0, 0.1) is 0 Å². The lowest BCUT2D eigenvalue weighted by Crippen LogP contribution is -2.64. The van der Waals surface area contributed by atoms with Crippen molar-refractivity contribution in [1.29, 1.82) is 0 Å². The molecule has 0 aliphatic heterocycles. The zero-order chi connectivity index (χ0) is 21.3. The van der Waals surface area contributed by atoms with Gasteiger partial charge >= 0.3 is 6.09 Å². The van der Waals surface area contributed by atoms with Gasteiger partial charge in [-0.15, -0.1) is 0 Å². The first-order valence-electron chi connectivity index (χ1n) is 9.43. The fourth-order valence-corrected chi connectivity index (χ4v) is 2.68. The van der Waals surface area contributed by atoms with E-state index in [1.807, 2.05) is 81.4 Å². The van der Waals surface area contributed by atoms with Gasteiger partial charge < -0.3 is 15.8 Å². The molecule has 7 nitrogen and oxygen atoms in total. The summed E-state index contributed by atoms with van der Waals surface area (Å²) in [5.41, 5.74) is 6.37. The van der Waals surface area contributed by atoms with Crippen LogP contribution in [0.1, 0.15) is 31.9 Å². The van der Waals surface area contributed by atoms with Gasteiger partial charge in [-0.1, -0.05) is 60.7 Å². The summed E-state index contributed by atoms with van der Waals surface area (Å²) in [4.78, 5) is 29.7. The van der Waals surface area contributed by atoms with E-state index in [0.717, 1.165) is 16.2 Å². The number of nitrogens with two attached hydrogens (primary N) is 1. The molecular weight excluding hydrogens is 370 g/mol. The van der Waals surface area contributed by atoms with Crippen molar-refractivity contribution in [3.8, 4) is 0 Å². The molecule has 0 saturated heterocycles. The Morgan fingerprint density at radius 2 is 1.59 bits per heavy atom. The summed E-state index contributed by atoms with van der Waals surface area (Å²) in [5, 5.41) is 3.71. The third kappa shape index (κ3) is 7.56. The number of alkyl carbamates (subject to hydrolysis) is 1. The molecule has 0 saturated carbocycles. The Balaban J connectivity index is 2.07. The molecule has 0 heterocycles. The number of nitrogens with zero attached hydrogens (tertiary/aromatic N) is 1. The molecule has 0 aromatic heterocycles.